The van der Waals surface area contributed by atoms with Crippen LogP contribution in [0.4, 0.5) is 0 Å². The van der Waals surface area contributed by atoms with Crippen molar-refractivity contribution in [3.05, 3.63) is 88.3 Å². The smallest absolute Gasteiger partial charge is 0.273 e. The van der Waals surface area contributed by atoms with Crippen molar-refractivity contribution >= 4 is 17.5 Å². The minimum Gasteiger partial charge on any atom is -0.507 e. The number of H-pyrrole nitrogens is 1. The summed E-state index contributed by atoms with van der Waals surface area (Å²) in [5, 5.41) is 18.5. The number of halogens is 1. The van der Waals surface area contributed by atoms with E-state index in [0.717, 1.165) is 24.0 Å². The van der Waals surface area contributed by atoms with Crippen LogP contribution in [-0.2, 0) is 6.54 Å². The Bertz CT molecular complexity index is 1460. The second kappa shape index (κ2) is 11.8. The van der Waals surface area contributed by atoms with Crippen LogP contribution in [0.1, 0.15) is 65.8 Å². The van der Waals surface area contributed by atoms with E-state index in [0.29, 0.717) is 52.2 Å². The molecule has 1 unspecified atom stereocenters. The second-order valence-corrected chi connectivity index (χ2v) is 9.98. The van der Waals surface area contributed by atoms with E-state index in [4.69, 9.17) is 21.1 Å². The molecule has 4 aromatic rings. The van der Waals surface area contributed by atoms with Crippen LogP contribution in [0, 0.1) is 0 Å². The molecule has 5 rings (SSSR count). The molecule has 8 nitrogen and oxygen atoms in total. The third kappa shape index (κ3) is 5.43. The number of phenols is 1. The van der Waals surface area contributed by atoms with Crippen molar-refractivity contribution in [1.29, 1.82) is 0 Å². The van der Waals surface area contributed by atoms with Crippen molar-refractivity contribution in [2.45, 2.75) is 45.2 Å². The maximum absolute atomic E-state index is 13.7. The van der Waals surface area contributed by atoms with Crippen LogP contribution in [0.5, 0.6) is 17.2 Å². The van der Waals surface area contributed by atoms with Gasteiger partial charge in [-0.05, 0) is 53.9 Å². The molecule has 0 radical (unpaired) electrons. The van der Waals surface area contributed by atoms with Crippen LogP contribution in [0.3, 0.4) is 0 Å². The number of phenolic OH excluding ortho intramolecular Hbond substituents is 1. The zero-order valence-corrected chi connectivity index (χ0v) is 22.7. The summed E-state index contributed by atoms with van der Waals surface area (Å²) in [6.45, 7) is 3.12. The van der Waals surface area contributed by atoms with E-state index in [1.807, 2.05) is 30.3 Å². The molecule has 1 amide bonds. The Kier molecular flexibility index (Phi) is 8.02. The van der Waals surface area contributed by atoms with Gasteiger partial charge in [-0.15, -0.1) is 0 Å². The van der Waals surface area contributed by atoms with Crippen LogP contribution in [0.25, 0.3) is 11.3 Å². The van der Waals surface area contributed by atoms with Gasteiger partial charge in [-0.1, -0.05) is 49.9 Å². The molecular weight excluding hydrogens is 516 g/mol. The highest BCUT2D eigenvalue weighted by atomic mass is 35.5. The van der Waals surface area contributed by atoms with Crippen molar-refractivity contribution in [3.63, 3.8) is 0 Å². The summed E-state index contributed by atoms with van der Waals surface area (Å²) >= 11 is 6.27. The lowest BCUT2D eigenvalue weighted by atomic mass is 9.95. The SMILES string of the molecule is CCCCCCOc1ccc(C2c3c(-c4cc(Cl)ccc4O)n[nH]c3C(=O)N2Cc2cccnc2)cc1OC. The van der Waals surface area contributed by atoms with Gasteiger partial charge < -0.3 is 19.5 Å². The van der Waals surface area contributed by atoms with Crippen molar-refractivity contribution in [3.8, 4) is 28.5 Å². The van der Waals surface area contributed by atoms with E-state index in [2.05, 4.69) is 22.1 Å². The Hall–Kier alpha value is -4.04. The molecule has 1 aliphatic heterocycles. The highest BCUT2D eigenvalue weighted by Crippen LogP contribution is 2.46. The highest BCUT2D eigenvalue weighted by molar-refractivity contribution is 6.31. The molecule has 0 saturated heterocycles. The summed E-state index contributed by atoms with van der Waals surface area (Å²) in [4.78, 5) is 19.7. The van der Waals surface area contributed by atoms with Crippen LogP contribution < -0.4 is 9.47 Å². The van der Waals surface area contributed by atoms with Gasteiger partial charge in [-0.3, -0.25) is 14.9 Å². The van der Waals surface area contributed by atoms with Gasteiger partial charge >= 0.3 is 0 Å². The number of nitrogens with one attached hydrogen (secondary N) is 1. The number of aromatic nitrogens is 3. The topological polar surface area (TPSA) is 101 Å². The van der Waals surface area contributed by atoms with Crippen molar-refractivity contribution in [2.24, 2.45) is 0 Å². The predicted octanol–water partition coefficient (Wildman–Crippen LogP) is 6.54. The molecule has 0 saturated carbocycles. The van der Waals surface area contributed by atoms with Gasteiger partial charge in [0, 0.05) is 35.1 Å². The Morgan fingerprint density at radius 3 is 2.74 bits per heavy atom. The van der Waals surface area contributed by atoms with Crippen LogP contribution in [-0.4, -0.2) is 44.8 Å². The van der Waals surface area contributed by atoms with Gasteiger partial charge in [0.25, 0.3) is 5.91 Å². The van der Waals surface area contributed by atoms with Gasteiger partial charge in [0.1, 0.15) is 17.1 Å². The van der Waals surface area contributed by atoms with Crippen molar-refractivity contribution in [2.75, 3.05) is 13.7 Å². The first kappa shape index (κ1) is 26.6. The quantitative estimate of drug-likeness (QED) is 0.207. The molecule has 2 aromatic heterocycles. The number of hydrogen-bond acceptors (Lipinski definition) is 6. The number of rotatable bonds is 11. The molecule has 1 atom stereocenters. The zero-order chi connectivity index (χ0) is 27.4. The predicted molar refractivity (Wildman–Crippen MR) is 149 cm³/mol. The highest BCUT2D eigenvalue weighted by Gasteiger charge is 2.43. The van der Waals surface area contributed by atoms with Crippen LogP contribution in [0.15, 0.2) is 60.9 Å². The van der Waals surface area contributed by atoms with Crippen LogP contribution in [0.2, 0.25) is 5.02 Å². The lowest BCUT2D eigenvalue weighted by Crippen LogP contribution is -2.29. The Morgan fingerprint density at radius 2 is 1.97 bits per heavy atom. The fourth-order valence-electron chi connectivity index (χ4n) is 4.98. The van der Waals surface area contributed by atoms with Gasteiger partial charge in [0.15, 0.2) is 11.5 Å². The summed E-state index contributed by atoms with van der Waals surface area (Å²) in [6.07, 6.45) is 7.88. The average Bonchev–Trinajstić information content (AvgIpc) is 3.49. The zero-order valence-electron chi connectivity index (χ0n) is 22.0. The summed E-state index contributed by atoms with van der Waals surface area (Å²) in [7, 11) is 1.61. The van der Waals surface area contributed by atoms with E-state index in [9.17, 15) is 9.90 Å². The average molecular weight is 547 g/mol. The lowest BCUT2D eigenvalue weighted by Gasteiger charge is -2.27. The minimum absolute atomic E-state index is 0.0232. The molecule has 9 heteroatoms. The number of methoxy groups -OCH3 is 1. The number of unbranched alkanes of at least 4 members (excludes halogenated alkanes) is 3. The number of fused-ring (bicyclic) bond motifs is 1. The standard InChI is InChI=1S/C30H31ClN4O4/c1-3-4-5-6-14-39-24-12-9-20(15-25(24)38-2)29-26-27(22-16-21(31)10-11-23(22)36)33-34-28(26)30(37)35(29)18-19-8-7-13-32-17-19/h7-13,15-17,29,36H,3-6,14,18H2,1-2H3,(H,33,34). The number of amides is 1. The molecule has 0 fully saturated rings. The number of aromatic amines is 1. The van der Waals surface area contributed by atoms with Crippen molar-refractivity contribution < 1.29 is 19.4 Å². The summed E-state index contributed by atoms with van der Waals surface area (Å²) in [5.41, 5.74) is 3.66. The molecular formula is C30H31ClN4O4. The molecule has 0 spiro atoms. The normalized spacial score (nSPS) is 14.5. The molecule has 0 aliphatic carbocycles. The third-order valence-electron chi connectivity index (χ3n) is 6.91. The molecule has 3 heterocycles. The molecule has 2 N–H and O–H groups in total. The Morgan fingerprint density at radius 1 is 1.10 bits per heavy atom. The number of carbonyl (C=O) groups excluding carboxylic acids is 1. The minimum atomic E-state index is -0.507. The molecule has 0 bridgehead atoms. The monoisotopic (exact) mass is 546 g/mol. The first-order chi connectivity index (χ1) is 19.0. The van der Waals surface area contributed by atoms with Gasteiger partial charge in [-0.2, -0.15) is 5.10 Å². The number of ether oxygens (including phenoxy) is 2. The number of aromatic hydroxyl groups is 1. The largest absolute Gasteiger partial charge is 0.507 e. The fourth-order valence-corrected chi connectivity index (χ4v) is 5.15. The summed E-state index contributed by atoms with van der Waals surface area (Å²) in [5.74, 6) is 1.06. The van der Waals surface area contributed by atoms with Gasteiger partial charge in [0.2, 0.25) is 0 Å². The molecule has 1 aliphatic rings. The van der Waals surface area contributed by atoms with E-state index in [1.54, 1.807) is 36.5 Å². The van der Waals surface area contributed by atoms with E-state index < -0.39 is 6.04 Å². The van der Waals surface area contributed by atoms with Crippen molar-refractivity contribution in [1.82, 2.24) is 20.1 Å². The first-order valence-electron chi connectivity index (χ1n) is 13.1. The number of carbonyl (C=O) groups is 1. The van der Waals surface area contributed by atoms with E-state index in [1.165, 1.54) is 18.9 Å². The number of pyridine rings is 1. The van der Waals surface area contributed by atoms with E-state index in [-0.39, 0.29) is 11.7 Å². The Labute approximate surface area is 232 Å². The molecule has 2 aromatic carbocycles. The van der Waals surface area contributed by atoms with Crippen LogP contribution >= 0.6 is 11.6 Å². The third-order valence-corrected chi connectivity index (χ3v) is 7.15. The number of nitrogens with zero attached hydrogens (tertiary/aromatic N) is 3. The maximum atomic E-state index is 13.7. The first-order valence-corrected chi connectivity index (χ1v) is 13.5. The summed E-state index contributed by atoms with van der Waals surface area (Å²) in [6, 6.07) is 13.8. The summed E-state index contributed by atoms with van der Waals surface area (Å²) < 4.78 is 11.7. The lowest BCUT2D eigenvalue weighted by molar-refractivity contribution is 0.0729. The number of benzene rings is 2. The Balaban J connectivity index is 1.56. The molecule has 39 heavy (non-hydrogen) atoms. The second-order valence-electron chi connectivity index (χ2n) is 9.54. The van der Waals surface area contributed by atoms with Gasteiger partial charge in [0.05, 0.1) is 19.8 Å². The van der Waals surface area contributed by atoms with Gasteiger partial charge in [-0.25, -0.2) is 0 Å². The molecule has 202 valence electrons. The number of hydrogen-bond donors (Lipinski definition) is 2. The van der Waals surface area contributed by atoms with E-state index >= 15 is 0 Å². The fraction of sp³-hybridized carbons (Fsp3) is 0.300. The maximum Gasteiger partial charge on any atom is 0.273 e.